The Morgan fingerprint density at radius 2 is 1.68 bits per heavy atom. The fraction of sp³-hybridized carbons (Fsp3) is 0.667. The molecular weight excluding hydrogens is 390 g/mol. The van der Waals surface area contributed by atoms with Gasteiger partial charge in [0, 0.05) is 23.5 Å². The lowest BCUT2D eigenvalue weighted by Gasteiger charge is -2.33. The number of thioether (sulfide) groups is 1. The van der Waals surface area contributed by atoms with E-state index in [9.17, 15) is 9.59 Å². The molecular formula is C21H33N3O2S2. The Labute approximate surface area is 176 Å². The Hall–Kier alpha value is -1.34. The summed E-state index contributed by atoms with van der Waals surface area (Å²) >= 11 is 2.95. The minimum absolute atomic E-state index is 0.00674. The molecule has 7 heteroatoms. The molecule has 1 atom stereocenters. The summed E-state index contributed by atoms with van der Waals surface area (Å²) in [5, 5.41) is 1.05. The number of hydrogen-bond acceptors (Lipinski definition) is 5. The predicted octanol–water partition coefficient (Wildman–Crippen LogP) is 4.86. The number of fused-ring (bicyclic) bond motifs is 1. The number of carbonyl (C=O) groups is 1. The minimum atomic E-state index is -0.310. The minimum Gasteiger partial charge on any atom is -0.337 e. The summed E-state index contributed by atoms with van der Waals surface area (Å²) in [5.74, 6) is 0.393. The topological polar surface area (TPSA) is 55.2 Å². The molecule has 28 heavy (non-hydrogen) atoms. The van der Waals surface area contributed by atoms with Gasteiger partial charge >= 0.3 is 0 Å². The fourth-order valence-electron chi connectivity index (χ4n) is 3.45. The van der Waals surface area contributed by atoms with Crippen molar-refractivity contribution in [3.8, 4) is 0 Å². The highest BCUT2D eigenvalue weighted by atomic mass is 32.2. The van der Waals surface area contributed by atoms with Crippen molar-refractivity contribution in [3.05, 3.63) is 20.8 Å². The van der Waals surface area contributed by atoms with Gasteiger partial charge in [-0.25, -0.2) is 4.98 Å². The van der Waals surface area contributed by atoms with Gasteiger partial charge in [0.15, 0.2) is 5.16 Å². The summed E-state index contributed by atoms with van der Waals surface area (Å²) in [4.78, 5) is 34.9. The van der Waals surface area contributed by atoms with Gasteiger partial charge in [0.2, 0.25) is 5.91 Å². The van der Waals surface area contributed by atoms with Crippen LogP contribution in [-0.2, 0) is 11.3 Å². The lowest BCUT2D eigenvalue weighted by Crippen LogP contribution is -2.45. The highest BCUT2D eigenvalue weighted by Gasteiger charge is 2.28. The third-order valence-electron chi connectivity index (χ3n) is 4.80. The van der Waals surface area contributed by atoms with Crippen LogP contribution in [0, 0.1) is 19.8 Å². The number of hydrogen-bond donors (Lipinski definition) is 0. The van der Waals surface area contributed by atoms with Crippen LogP contribution in [0.5, 0.6) is 0 Å². The Bertz CT molecular complexity index is 904. The lowest BCUT2D eigenvalue weighted by molar-refractivity contribution is -0.133. The summed E-state index contributed by atoms with van der Waals surface area (Å²) in [5.41, 5.74) is 1.02. The van der Waals surface area contributed by atoms with Gasteiger partial charge in [-0.2, -0.15) is 0 Å². The molecule has 5 nitrogen and oxygen atoms in total. The quantitative estimate of drug-likeness (QED) is 0.471. The number of aryl methyl sites for hydroxylation is 2. The van der Waals surface area contributed by atoms with Gasteiger partial charge in [-0.1, -0.05) is 25.6 Å². The van der Waals surface area contributed by atoms with Gasteiger partial charge in [-0.05, 0) is 59.9 Å². The van der Waals surface area contributed by atoms with Crippen LogP contribution in [-0.4, -0.2) is 37.7 Å². The second kappa shape index (κ2) is 8.99. The van der Waals surface area contributed by atoms with Crippen molar-refractivity contribution >= 4 is 39.2 Å². The SMILES string of the molecule is Cc1sc2nc(SC(C)C(=O)N(C(C)C)C(C)C)n(CC(C)C)c(=O)c2c1C. The normalized spacial score (nSPS) is 13.1. The van der Waals surface area contributed by atoms with Crippen molar-refractivity contribution in [2.45, 2.75) is 91.3 Å². The van der Waals surface area contributed by atoms with Crippen LogP contribution in [0.1, 0.15) is 58.9 Å². The van der Waals surface area contributed by atoms with Crippen molar-refractivity contribution in [2.24, 2.45) is 5.92 Å². The van der Waals surface area contributed by atoms with Gasteiger partial charge in [-0.15, -0.1) is 11.3 Å². The monoisotopic (exact) mass is 423 g/mol. The molecule has 1 amide bonds. The van der Waals surface area contributed by atoms with Gasteiger partial charge in [0.25, 0.3) is 5.56 Å². The first-order chi connectivity index (χ1) is 13.0. The third-order valence-corrected chi connectivity index (χ3v) is 6.98. The molecule has 0 saturated heterocycles. The first-order valence-electron chi connectivity index (χ1n) is 9.95. The van der Waals surface area contributed by atoms with Crippen LogP contribution in [0.3, 0.4) is 0 Å². The van der Waals surface area contributed by atoms with Crippen molar-refractivity contribution in [3.63, 3.8) is 0 Å². The van der Waals surface area contributed by atoms with E-state index in [1.54, 1.807) is 15.9 Å². The van der Waals surface area contributed by atoms with Crippen LogP contribution >= 0.6 is 23.1 Å². The summed E-state index contributed by atoms with van der Waals surface area (Å²) in [6.07, 6.45) is 0. The first kappa shape index (κ1) is 22.9. The first-order valence-corrected chi connectivity index (χ1v) is 11.6. The molecule has 0 spiro atoms. The number of rotatable bonds is 7. The molecule has 0 aliphatic heterocycles. The Kier molecular flexibility index (Phi) is 7.37. The van der Waals surface area contributed by atoms with E-state index < -0.39 is 0 Å². The number of nitrogens with zero attached hydrogens (tertiary/aromatic N) is 3. The molecule has 1 unspecified atom stereocenters. The summed E-state index contributed by atoms with van der Waals surface area (Å²) in [7, 11) is 0. The molecule has 0 aromatic carbocycles. The van der Waals surface area contributed by atoms with Crippen molar-refractivity contribution in [1.29, 1.82) is 0 Å². The zero-order valence-electron chi connectivity index (χ0n) is 18.5. The summed E-state index contributed by atoms with van der Waals surface area (Å²) < 4.78 is 1.76. The van der Waals surface area contributed by atoms with Crippen LogP contribution < -0.4 is 5.56 Å². The fourth-order valence-corrected chi connectivity index (χ4v) is 5.49. The van der Waals surface area contributed by atoms with E-state index in [4.69, 9.17) is 4.98 Å². The highest BCUT2D eigenvalue weighted by molar-refractivity contribution is 8.00. The standard InChI is InChI=1S/C21H33N3O2S2/c1-11(2)10-23-20(26)17-14(7)15(8)27-18(17)22-21(23)28-16(9)19(25)24(12(3)4)13(5)6/h11-13,16H,10H2,1-9H3. The Morgan fingerprint density at radius 1 is 1.11 bits per heavy atom. The molecule has 2 aromatic rings. The summed E-state index contributed by atoms with van der Waals surface area (Å²) in [6, 6.07) is 0.262. The molecule has 0 bridgehead atoms. The molecule has 2 rings (SSSR count). The van der Waals surface area contributed by atoms with Crippen LogP contribution in [0.4, 0.5) is 0 Å². The molecule has 0 N–H and O–H groups in total. The zero-order chi connectivity index (χ0) is 21.3. The average Bonchev–Trinajstić information content (AvgIpc) is 2.84. The molecule has 0 aliphatic rings. The van der Waals surface area contributed by atoms with E-state index in [1.165, 1.54) is 11.8 Å². The highest BCUT2D eigenvalue weighted by Crippen LogP contribution is 2.30. The number of amides is 1. The van der Waals surface area contributed by atoms with E-state index >= 15 is 0 Å². The van der Waals surface area contributed by atoms with E-state index in [1.807, 2.05) is 53.4 Å². The van der Waals surface area contributed by atoms with Crippen LogP contribution in [0.25, 0.3) is 10.2 Å². The molecule has 0 saturated carbocycles. The Morgan fingerprint density at radius 3 is 2.18 bits per heavy atom. The molecule has 156 valence electrons. The smallest absolute Gasteiger partial charge is 0.263 e. The van der Waals surface area contributed by atoms with E-state index in [-0.39, 0.29) is 28.8 Å². The largest absolute Gasteiger partial charge is 0.337 e. The lowest BCUT2D eigenvalue weighted by atomic mass is 10.2. The molecule has 0 aliphatic carbocycles. The average molecular weight is 424 g/mol. The van der Waals surface area contributed by atoms with Crippen LogP contribution in [0.2, 0.25) is 0 Å². The van der Waals surface area contributed by atoms with Gasteiger partial charge < -0.3 is 4.90 Å². The number of thiophene rings is 1. The maximum atomic E-state index is 13.2. The maximum Gasteiger partial charge on any atom is 0.263 e. The second-order valence-corrected chi connectivity index (χ2v) is 10.9. The van der Waals surface area contributed by atoms with Crippen molar-refractivity contribution < 1.29 is 4.79 Å². The number of carbonyl (C=O) groups excluding carboxylic acids is 1. The third kappa shape index (κ3) is 4.62. The van der Waals surface area contributed by atoms with E-state index in [2.05, 4.69) is 13.8 Å². The Balaban J connectivity index is 2.50. The molecule has 2 heterocycles. The molecule has 0 radical (unpaired) electrons. The molecule has 2 aromatic heterocycles. The predicted molar refractivity (Wildman–Crippen MR) is 121 cm³/mol. The maximum absolute atomic E-state index is 13.2. The van der Waals surface area contributed by atoms with Gasteiger partial charge in [-0.3, -0.25) is 14.2 Å². The second-order valence-electron chi connectivity index (χ2n) is 8.36. The van der Waals surface area contributed by atoms with Crippen LogP contribution in [0.15, 0.2) is 9.95 Å². The van der Waals surface area contributed by atoms with Gasteiger partial charge in [0.1, 0.15) is 4.83 Å². The van der Waals surface area contributed by atoms with E-state index in [0.717, 1.165) is 20.7 Å². The number of aromatic nitrogens is 2. The molecule has 0 fully saturated rings. The van der Waals surface area contributed by atoms with Crippen molar-refractivity contribution in [2.75, 3.05) is 0 Å². The van der Waals surface area contributed by atoms with E-state index in [0.29, 0.717) is 17.6 Å². The zero-order valence-corrected chi connectivity index (χ0v) is 20.1. The summed E-state index contributed by atoms with van der Waals surface area (Å²) in [6.45, 7) is 18.8. The van der Waals surface area contributed by atoms with Gasteiger partial charge in [0.05, 0.1) is 10.6 Å². The van der Waals surface area contributed by atoms with Crippen molar-refractivity contribution in [1.82, 2.24) is 14.5 Å².